The molecule has 1 heterocycles. The summed E-state index contributed by atoms with van der Waals surface area (Å²) in [6, 6.07) is 22.0. The number of rotatable bonds is 6. The minimum absolute atomic E-state index is 0.00200. The first-order valence-corrected chi connectivity index (χ1v) is 11.7. The molecular weight excluding hydrogens is 438 g/mol. The summed E-state index contributed by atoms with van der Waals surface area (Å²) in [7, 11) is 0. The van der Waals surface area contributed by atoms with Gasteiger partial charge >= 0.3 is 5.97 Å². The number of hydrogen-bond acceptors (Lipinski definition) is 6. The Labute approximate surface area is 203 Å². The second kappa shape index (κ2) is 9.47. The molecule has 5 rings (SSSR count). The molecule has 1 aromatic heterocycles. The monoisotopic (exact) mass is 463 g/mol. The van der Waals surface area contributed by atoms with Crippen molar-refractivity contribution in [2.75, 3.05) is 12.3 Å². The van der Waals surface area contributed by atoms with Crippen molar-refractivity contribution in [3.8, 4) is 22.9 Å². The van der Waals surface area contributed by atoms with Crippen LogP contribution in [0.5, 0.6) is 5.75 Å². The third-order valence-corrected chi connectivity index (χ3v) is 6.47. The lowest BCUT2D eigenvalue weighted by molar-refractivity contribution is -0.142. The third kappa shape index (κ3) is 4.29. The lowest BCUT2D eigenvalue weighted by Gasteiger charge is -2.19. The van der Waals surface area contributed by atoms with E-state index in [1.165, 1.54) is 5.56 Å². The molecule has 0 saturated carbocycles. The first kappa shape index (κ1) is 22.4. The highest BCUT2D eigenvalue weighted by Crippen LogP contribution is 2.40. The maximum Gasteiger partial charge on any atom is 0.310 e. The summed E-state index contributed by atoms with van der Waals surface area (Å²) in [4.78, 5) is 16.4. The number of anilines is 1. The summed E-state index contributed by atoms with van der Waals surface area (Å²) >= 11 is 0. The molecule has 174 valence electrons. The largest absolute Gasteiger partial charge is 0.485 e. The van der Waals surface area contributed by atoms with Gasteiger partial charge in [0.05, 0.1) is 24.7 Å². The second-order valence-electron chi connectivity index (χ2n) is 8.53. The van der Waals surface area contributed by atoms with Gasteiger partial charge in [-0.25, -0.2) is 4.98 Å². The molecule has 0 unspecified atom stereocenters. The lowest BCUT2D eigenvalue weighted by Crippen LogP contribution is -2.12. The average Bonchev–Trinajstić information content (AvgIpc) is 3.27. The number of nitriles is 1. The molecule has 0 aliphatic heterocycles. The number of hydrogen-bond donors (Lipinski definition) is 1. The molecule has 0 saturated heterocycles. The summed E-state index contributed by atoms with van der Waals surface area (Å²) in [6.07, 6.45) is 3.27. The minimum Gasteiger partial charge on any atom is -0.485 e. The van der Waals surface area contributed by atoms with Gasteiger partial charge in [0.25, 0.3) is 0 Å². The number of nitrogen functional groups attached to an aromatic ring is 1. The molecule has 0 radical (unpaired) electrons. The Bertz CT molecular complexity index is 1470. The van der Waals surface area contributed by atoms with Crippen molar-refractivity contribution in [3.63, 3.8) is 0 Å². The van der Waals surface area contributed by atoms with Crippen LogP contribution in [-0.4, -0.2) is 17.6 Å². The molecule has 6 nitrogen and oxygen atoms in total. The van der Waals surface area contributed by atoms with Crippen LogP contribution in [0.25, 0.3) is 21.9 Å². The van der Waals surface area contributed by atoms with E-state index in [2.05, 4.69) is 35.3 Å². The van der Waals surface area contributed by atoms with Crippen LogP contribution in [0.2, 0.25) is 0 Å². The van der Waals surface area contributed by atoms with Gasteiger partial charge in [-0.2, -0.15) is 5.26 Å². The zero-order valence-corrected chi connectivity index (χ0v) is 19.5. The third-order valence-electron chi connectivity index (χ3n) is 6.47. The summed E-state index contributed by atoms with van der Waals surface area (Å²) in [5.41, 5.74) is 11.6. The molecule has 0 spiro atoms. The Morgan fingerprint density at radius 1 is 1.14 bits per heavy atom. The SMILES string of the molecule is CCOC(=O)Cc1c(C#N)cccc1O[C@@H]1CCc2ccc(-c3cccc4c(N)nccc34)cc21. The Balaban J connectivity index is 1.51. The molecular formula is C29H25N3O3. The van der Waals surface area contributed by atoms with Crippen molar-refractivity contribution in [1.29, 1.82) is 5.26 Å². The summed E-state index contributed by atoms with van der Waals surface area (Å²) < 4.78 is 11.6. The maximum absolute atomic E-state index is 12.2. The van der Waals surface area contributed by atoms with Crippen LogP contribution < -0.4 is 10.5 Å². The average molecular weight is 464 g/mol. The van der Waals surface area contributed by atoms with E-state index in [4.69, 9.17) is 15.2 Å². The molecule has 1 aliphatic rings. The van der Waals surface area contributed by atoms with Gasteiger partial charge in [-0.15, -0.1) is 0 Å². The van der Waals surface area contributed by atoms with Crippen molar-refractivity contribution in [3.05, 3.63) is 89.1 Å². The number of aryl methyl sites for hydroxylation is 1. The fourth-order valence-electron chi connectivity index (χ4n) is 4.81. The number of nitrogens with zero attached hydrogens (tertiary/aromatic N) is 2. The number of ether oxygens (including phenoxy) is 2. The molecule has 3 aromatic carbocycles. The summed E-state index contributed by atoms with van der Waals surface area (Å²) in [5, 5.41) is 11.6. The van der Waals surface area contributed by atoms with Gasteiger partial charge in [-0.1, -0.05) is 36.4 Å². The first-order chi connectivity index (χ1) is 17.1. The van der Waals surface area contributed by atoms with E-state index in [0.29, 0.717) is 29.3 Å². The standard InChI is InChI=1S/C29H25N3O3/c1-2-34-28(33)16-25-20(17-30)5-3-8-26(25)35-27-12-11-18-9-10-19(15-24(18)27)21-6-4-7-23-22(21)13-14-32-29(23)31/h3-10,13-15,27H,2,11-12,16H2,1H3,(H2,31,32)/t27-/m1/s1. The minimum atomic E-state index is -0.376. The molecule has 0 bridgehead atoms. The quantitative estimate of drug-likeness (QED) is 0.378. The van der Waals surface area contributed by atoms with Crippen LogP contribution in [-0.2, 0) is 22.4 Å². The van der Waals surface area contributed by atoms with E-state index in [1.54, 1.807) is 25.3 Å². The molecule has 0 amide bonds. The molecule has 2 N–H and O–H groups in total. The highest BCUT2D eigenvalue weighted by atomic mass is 16.5. The Kier molecular flexibility index (Phi) is 6.07. The van der Waals surface area contributed by atoms with E-state index >= 15 is 0 Å². The van der Waals surface area contributed by atoms with E-state index in [1.807, 2.05) is 24.3 Å². The van der Waals surface area contributed by atoms with Crippen molar-refractivity contribution in [1.82, 2.24) is 4.98 Å². The molecule has 4 aromatic rings. The van der Waals surface area contributed by atoms with Gasteiger partial charge in [0.2, 0.25) is 0 Å². The number of esters is 1. The van der Waals surface area contributed by atoms with Gasteiger partial charge in [-0.05, 0) is 71.7 Å². The number of benzene rings is 3. The van der Waals surface area contributed by atoms with E-state index < -0.39 is 0 Å². The fourth-order valence-corrected chi connectivity index (χ4v) is 4.81. The van der Waals surface area contributed by atoms with Crippen LogP contribution in [0.3, 0.4) is 0 Å². The Hall–Kier alpha value is -4.37. The number of pyridine rings is 1. The zero-order chi connectivity index (χ0) is 24.4. The van der Waals surface area contributed by atoms with Crippen molar-refractivity contribution < 1.29 is 14.3 Å². The molecule has 35 heavy (non-hydrogen) atoms. The van der Waals surface area contributed by atoms with Crippen LogP contribution in [0, 0.1) is 11.3 Å². The predicted octanol–water partition coefficient (Wildman–Crippen LogP) is 5.53. The van der Waals surface area contributed by atoms with Crippen molar-refractivity contribution in [2.24, 2.45) is 0 Å². The van der Waals surface area contributed by atoms with Gasteiger partial charge in [-0.3, -0.25) is 4.79 Å². The highest BCUT2D eigenvalue weighted by Gasteiger charge is 2.26. The van der Waals surface area contributed by atoms with Crippen LogP contribution in [0.4, 0.5) is 5.82 Å². The molecule has 1 atom stereocenters. The summed E-state index contributed by atoms with van der Waals surface area (Å²) in [5.74, 6) is 0.682. The lowest BCUT2D eigenvalue weighted by atomic mass is 9.96. The highest BCUT2D eigenvalue weighted by molar-refractivity contribution is 6.01. The van der Waals surface area contributed by atoms with Gasteiger partial charge in [0.15, 0.2) is 0 Å². The van der Waals surface area contributed by atoms with E-state index in [0.717, 1.165) is 40.3 Å². The fraction of sp³-hybridized carbons (Fsp3) is 0.207. The van der Waals surface area contributed by atoms with Crippen molar-refractivity contribution >= 4 is 22.6 Å². The van der Waals surface area contributed by atoms with Crippen molar-refractivity contribution in [2.45, 2.75) is 32.3 Å². The molecule has 0 fully saturated rings. The van der Waals surface area contributed by atoms with Crippen LogP contribution >= 0.6 is 0 Å². The molecule has 6 heteroatoms. The van der Waals surface area contributed by atoms with E-state index in [-0.39, 0.29) is 18.5 Å². The number of nitrogens with two attached hydrogens (primary N) is 1. The van der Waals surface area contributed by atoms with Crippen LogP contribution in [0.15, 0.2) is 66.9 Å². The maximum atomic E-state index is 12.2. The number of fused-ring (bicyclic) bond motifs is 2. The predicted molar refractivity (Wildman–Crippen MR) is 135 cm³/mol. The zero-order valence-electron chi connectivity index (χ0n) is 19.5. The Morgan fingerprint density at radius 3 is 2.83 bits per heavy atom. The van der Waals surface area contributed by atoms with Gasteiger partial charge in [0.1, 0.15) is 17.7 Å². The molecule has 1 aliphatic carbocycles. The number of carbonyl (C=O) groups excluding carboxylic acids is 1. The topological polar surface area (TPSA) is 98.2 Å². The number of carbonyl (C=O) groups is 1. The second-order valence-corrected chi connectivity index (χ2v) is 8.53. The van der Waals surface area contributed by atoms with E-state index in [9.17, 15) is 10.1 Å². The number of aromatic nitrogens is 1. The first-order valence-electron chi connectivity index (χ1n) is 11.7. The normalized spacial score (nSPS) is 14.3. The Morgan fingerprint density at radius 2 is 2.00 bits per heavy atom. The summed E-state index contributed by atoms with van der Waals surface area (Å²) in [6.45, 7) is 2.05. The van der Waals surface area contributed by atoms with Crippen LogP contribution in [0.1, 0.15) is 41.7 Å². The smallest absolute Gasteiger partial charge is 0.310 e. The van der Waals surface area contributed by atoms with Gasteiger partial charge in [0, 0.05) is 17.1 Å². The van der Waals surface area contributed by atoms with Gasteiger partial charge < -0.3 is 15.2 Å².